The number of carbonyl (C=O) groups excluding carboxylic acids is 1. The highest BCUT2D eigenvalue weighted by atomic mass is 19.3. The monoisotopic (exact) mass is 275 g/mol. The maximum atomic E-state index is 12.2. The summed E-state index contributed by atoms with van der Waals surface area (Å²) in [5, 5.41) is 14.5. The summed E-state index contributed by atoms with van der Waals surface area (Å²) >= 11 is 0. The molecule has 0 spiro atoms. The first-order valence-corrected chi connectivity index (χ1v) is 5.08. The first-order chi connectivity index (χ1) is 8.93. The van der Waals surface area contributed by atoms with E-state index in [0.29, 0.717) is 4.68 Å². The number of ether oxygens (including phenoxy) is 1. The Morgan fingerprint density at radius 3 is 2.84 bits per heavy atom. The summed E-state index contributed by atoms with van der Waals surface area (Å²) < 4.78 is 29.6. The molecule has 0 aliphatic heterocycles. The molecule has 0 saturated heterocycles. The number of anilines is 1. The van der Waals surface area contributed by atoms with Gasteiger partial charge in [0.2, 0.25) is 0 Å². The lowest BCUT2D eigenvalue weighted by atomic mass is 10.4. The minimum atomic E-state index is -2.77. The summed E-state index contributed by atoms with van der Waals surface area (Å²) in [5.74, 6) is -1.62. The smallest absolute Gasteiger partial charge is 0.413 e. The Hall–Kier alpha value is -2.45. The molecule has 1 aromatic heterocycles. The maximum absolute atomic E-state index is 12.2. The largest absolute Gasteiger partial charge is 0.477 e. The molecule has 0 bridgehead atoms. The van der Waals surface area contributed by atoms with Gasteiger partial charge in [0.25, 0.3) is 6.43 Å². The second kappa shape index (κ2) is 6.47. The Bertz CT molecular complexity index is 487. The van der Waals surface area contributed by atoms with Crippen LogP contribution in [0.1, 0.15) is 10.5 Å². The van der Waals surface area contributed by atoms with Crippen LogP contribution in [0.5, 0.6) is 0 Å². The molecule has 0 radical (unpaired) electrons. The molecule has 1 aromatic rings. The molecule has 7 nitrogen and oxygen atoms in total. The minimum Gasteiger partial charge on any atom is -0.477 e. The van der Waals surface area contributed by atoms with Crippen LogP contribution >= 0.6 is 0 Å². The van der Waals surface area contributed by atoms with Crippen LogP contribution in [0.3, 0.4) is 0 Å². The summed E-state index contributed by atoms with van der Waals surface area (Å²) in [6.07, 6.45) is -2.32. The molecule has 19 heavy (non-hydrogen) atoms. The van der Waals surface area contributed by atoms with Gasteiger partial charge in [0.15, 0.2) is 5.82 Å². The van der Waals surface area contributed by atoms with Gasteiger partial charge in [-0.2, -0.15) is 5.10 Å². The maximum Gasteiger partial charge on any atom is 0.413 e. The Balaban J connectivity index is 2.82. The standard InChI is InChI=1S/C10H11F2N3O4/c1-2-3-19-10(18)13-8-4-6(9(16)17)15(14-8)5-7(11)12/h2,4,7H,1,3,5H2,(H,16,17)(H,13,14,18). The number of amides is 1. The van der Waals surface area contributed by atoms with Crippen molar-refractivity contribution in [2.24, 2.45) is 0 Å². The van der Waals surface area contributed by atoms with Crippen molar-refractivity contribution in [3.63, 3.8) is 0 Å². The SMILES string of the molecule is C=CCOC(=O)Nc1cc(C(=O)O)n(CC(F)F)n1. The Labute approximate surface area is 106 Å². The van der Waals surface area contributed by atoms with E-state index >= 15 is 0 Å². The summed E-state index contributed by atoms with van der Waals surface area (Å²) in [4.78, 5) is 22.0. The number of rotatable bonds is 6. The van der Waals surface area contributed by atoms with Gasteiger partial charge in [-0.15, -0.1) is 0 Å². The summed E-state index contributed by atoms with van der Waals surface area (Å²) in [7, 11) is 0. The predicted molar refractivity (Wildman–Crippen MR) is 60.4 cm³/mol. The number of halogens is 2. The fourth-order valence-electron chi connectivity index (χ4n) is 1.20. The van der Waals surface area contributed by atoms with E-state index in [1.807, 2.05) is 0 Å². The van der Waals surface area contributed by atoms with Crippen LogP contribution in [0.25, 0.3) is 0 Å². The molecular weight excluding hydrogens is 264 g/mol. The second-order valence-corrected chi connectivity index (χ2v) is 3.31. The van der Waals surface area contributed by atoms with Gasteiger partial charge in [0.1, 0.15) is 18.8 Å². The van der Waals surface area contributed by atoms with Gasteiger partial charge in [-0.1, -0.05) is 12.7 Å². The molecule has 0 aliphatic rings. The van der Waals surface area contributed by atoms with Crippen molar-refractivity contribution in [3.05, 3.63) is 24.4 Å². The van der Waals surface area contributed by atoms with Gasteiger partial charge >= 0.3 is 12.1 Å². The van der Waals surface area contributed by atoms with Gasteiger partial charge in [-0.05, 0) is 0 Å². The van der Waals surface area contributed by atoms with Crippen molar-refractivity contribution in [3.8, 4) is 0 Å². The average molecular weight is 275 g/mol. The highest BCUT2D eigenvalue weighted by Gasteiger charge is 2.18. The molecule has 1 heterocycles. The summed E-state index contributed by atoms with van der Waals surface area (Å²) in [6.45, 7) is 2.40. The number of carboxylic acid groups (broad SMARTS) is 1. The quantitative estimate of drug-likeness (QED) is 0.769. The third-order valence-corrected chi connectivity index (χ3v) is 1.87. The van der Waals surface area contributed by atoms with Crippen molar-refractivity contribution < 1.29 is 28.2 Å². The average Bonchev–Trinajstić information content (AvgIpc) is 2.68. The molecule has 0 saturated carbocycles. The fraction of sp³-hybridized carbons (Fsp3) is 0.300. The number of carbonyl (C=O) groups is 2. The van der Waals surface area contributed by atoms with Crippen LogP contribution in [0.2, 0.25) is 0 Å². The van der Waals surface area contributed by atoms with E-state index in [4.69, 9.17) is 5.11 Å². The Kier molecular flexibility index (Phi) is 4.98. The van der Waals surface area contributed by atoms with E-state index in [1.165, 1.54) is 6.08 Å². The zero-order valence-corrected chi connectivity index (χ0v) is 9.68. The van der Waals surface area contributed by atoms with Crippen molar-refractivity contribution in [2.45, 2.75) is 13.0 Å². The van der Waals surface area contributed by atoms with Crippen LogP contribution in [0, 0.1) is 0 Å². The number of nitrogens with one attached hydrogen (secondary N) is 1. The molecule has 1 rings (SSSR count). The molecule has 0 aromatic carbocycles. The van der Waals surface area contributed by atoms with Gasteiger partial charge < -0.3 is 9.84 Å². The number of alkyl halides is 2. The topological polar surface area (TPSA) is 93.5 Å². The van der Waals surface area contributed by atoms with Crippen LogP contribution in [0.4, 0.5) is 19.4 Å². The van der Waals surface area contributed by atoms with E-state index in [1.54, 1.807) is 0 Å². The Morgan fingerprint density at radius 2 is 2.32 bits per heavy atom. The number of aromatic nitrogens is 2. The molecule has 104 valence electrons. The first kappa shape index (κ1) is 14.6. The molecule has 0 fully saturated rings. The normalized spacial score (nSPS) is 10.3. The molecule has 9 heteroatoms. The van der Waals surface area contributed by atoms with Crippen molar-refractivity contribution >= 4 is 17.9 Å². The van der Waals surface area contributed by atoms with Gasteiger partial charge in [-0.25, -0.2) is 18.4 Å². The number of carboxylic acids is 1. The molecule has 0 unspecified atom stereocenters. The zero-order chi connectivity index (χ0) is 14.4. The van der Waals surface area contributed by atoms with Crippen LogP contribution in [0.15, 0.2) is 18.7 Å². The molecule has 1 amide bonds. The Morgan fingerprint density at radius 1 is 1.63 bits per heavy atom. The summed E-state index contributed by atoms with van der Waals surface area (Å²) in [6, 6.07) is 0.958. The van der Waals surface area contributed by atoms with E-state index in [-0.39, 0.29) is 12.4 Å². The predicted octanol–water partition coefficient (Wildman–Crippen LogP) is 1.58. The van der Waals surface area contributed by atoms with Crippen molar-refractivity contribution in [1.29, 1.82) is 0 Å². The third-order valence-electron chi connectivity index (χ3n) is 1.87. The number of aromatic carboxylic acids is 1. The molecule has 2 N–H and O–H groups in total. The lowest BCUT2D eigenvalue weighted by molar-refractivity contribution is 0.0671. The van der Waals surface area contributed by atoms with Crippen LogP contribution in [-0.4, -0.2) is 40.0 Å². The highest BCUT2D eigenvalue weighted by Crippen LogP contribution is 2.12. The highest BCUT2D eigenvalue weighted by molar-refractivity contribution is 5.89. The van der Waals surface area contributed by atoms with E-state index in [9.17, 15) is 18.4 Å². The van der Waals surface area contributed by atoms with Gasteiger partial charge in [0, 0.05) is 6.07 Å². The zero-order valence-electron chi connectivity index (χ0n) is 9.68. The van der Waals surface area contributed by atoms with Crippen molar-refractivity contribution in [2.75, 3.05) is 11.9 Å². The number of nitrogens with zero attached hydrogens (tertiary/aromatic N) is 2. The van der Waals surface area contributed by atoms with Gasteiger partial charge in [-0.3, -0.25) is 10.00 Å². The van der Waals surface area contributed by atoms with Gasteiger partial charge in [0.05, 0.1) is 0 Å². The minimum absolute atomic E-state index is 0.0463. The fourth-order valence-corrected chi connectivity index (χ4v) is 1.20. The molecular formula is C10H11F2N3O4. The van der Waals surface area contributed by atoms with E-state index < -0.39 is 30.7 Å². The molecule has 0 aliphatic carbocycles. The summed E-state index contributed by atoms with van der Waals surface area (Å²) in [5.41, 5.74) is -0.459. The van der Waals surface area contributed by atoms with E-state index in [0.717, 1.165) is 6.07 Å². The third kappa shape index (κ3) is 4.37. The van der Waals surface area contributed by atoms with Crippen molar-refractivity contribution in [1.82, 2.24) is 9.78 Å². The number of hydrogen-bond donors (Lipinski definition) is 2. The lowest BCUT2D eigenvalue weighted by Gasteiger charge is -2.03. The molecule has 0 atom stereocenters. The van der Waals surface area contributed by atoms with E-state index in [2.05, 4.69) is 21.7 Å². The lowest BCUT2D eigenvalue weighted by Crippen LogP contribution is -2.16. The van der Waals surface area contributed by atoms with Crippen LogP contribution in [-0.2, 0) is 11.3 Å². The second-order valence-electron chi connectivity index (χ2n) is 3.31. The first-order valence-electron chi connectivity index (χ1n) is 5.08. The van der Waals surface area contributed by atoms with Crippen LogP contribution < -0.4 is 5.32 Å². The number of hydrogen-bond acceptors (Lipinski definition) is 4.